The Bertz CT molecular complexity index is 938. The summed E-state index contributed by atoms with van der Waals surface area (Å²) < 4.78 is 17.9. The van der Waals surface area contributed by atoms with Crippen LogP contribution in [0.15, 0.2) is 36.4 Å². The molecule has 0 N–H and O–H groups in total. The lowest BCUT2D eigenvalue weighted by Crippen LogP contribution is -2.40. The summed E-state index contributed by atoms with van der Waals surface area (Å²) >= 11 is 0. The Kier molecular flexibility index (Phi) is 3.95. The zero-order valence-electron chi connectivity index (χ0n) is 17.0. The minimum Gasteiger partial charge on any atom is -0.492 e. The molecule has 1 spiro atoms. The number of para-hydroxylation sites is 1. The van der Waals surface area contributed by atoms with Gasteiger partial charge in [-0.05, 0) is 56.6 Å². The normalized spacial score (nSPS) is 25.8. The largest absolute Gasteiger partial charge is 0.492 e. The lowest BCUT2D eigenvalue weighted by atomic mass is 9.77. The highest BCUT2D eigenvalue weighted by Crippen LogP contribution is 2.54. The predicted molar refractivity (Wildman–Crippen MR) is 113 cm³/mol. The summed E-state index contributed by atoms with van der Waals surface area (Å²) in [7, 11) is 2.23. The van der Waals surface area contributed by atoms with Crippen molar-refractivity contribution in [1.29, 1.82) is 0 Å². The summed E-state index contributed by atoms with van der Waals surface area (Å²) in [6.45, 7) is 6.42. The molecule has 1 atom stereocenters. The molecule has 0 amide bonds. The van der Waals surface area contributed by atoms with E-state index in [1.54, 1.807) is 0 Å². The van der Waals surface area contributed by atoms with Crippen LogP contribution in [0.4, 0.5) is 5.69 Å². The molecule has 1 fully saturated rings. The smallest absolute Gasteiger partial charge is 0.165 e. The highest BCUT2D eigenvalue weighted by Gasteiger charge is 2.50. The van der Waals surface area contributed by atoms with Gasteiger partial charge in [0.25, 0.3) is 0 Å². The molecule has 0 aliphatic carbocycles. The van der Waals surface area contributed by atoms with E-state index in [-0.39, 0.29) is 5.41 Å². The number of piperidine rings is 1. The highest BCUT2D eigenvalue weighted by molar-refractivity contribution is 5.70. The maximum atomic E-state index is 6.24. The fourth-order valence-electron chi connectivity index (χ4n) is 5.57. The molecule has 1 saturated heterocycles. The van der Waals surface area contributed by atoms with E-state index in [1.807, 2.05) is 6.07 Å². The fourth-order valence-corrected chi connectivity index (χ4v) is 5.57. The van der Waals surface area contributed by atoms with Crippen molar-refractivity contribution >= 4 is 5.69 Å². The van der Waals surface area contributed by atoms with E-state index < -0.39 is 0 Å². The van der Waals surface area contributed by atoms with Gasteiger partial charge in [0.2, 0.25) is 0 Å². The Morgan fingerprint density at radius 2 is 1.69 bits per heavy atom. The number of hydrogen-bond acceptors (Lipinski definition) is 5. The molecule has 0 saturated carbocycles. The Hall–Kier alpha value is -2.40. The van der Waals surface area contributed by atoms with Gasteiger partial charge >= 0.3 is 0 Å². The number of ether oxygens (including phenoxy) is 3. The van der Waals surface area contributed by atoms with E-state index in [1.165, 1.54) is 42.7 Å². The average Bonchev–Trinajstić information content (AvgIpc) is 3.27. The molecular formula is C24H28N2O3. The Balaban J connectivity index is 1.37. The molecule has 0 aromatic heterocycles. The molecule has 0 radical (unpaired) electrons. The van der Waals surface area contributed by atoms with Crippen molar-refractivity contribution in [2.24, 2.45) is 5.92 Å². The minimum atomic E-state index is -0.118. The zero-order valence-corrected chi connectivity index (χ0v) is 17.0. The number of hydrogen-bond donors (Lipinski definition) is 0. The van der Waals surface area contributed by atoms with Gasteiger partial charge < -0.3 is 24.0 Å². The van der Waals surface area contributed by atoms with Crippen LogP contribution >= 0.6 is 0 Å². The SMILES string of the molecule is CN1CCC(CN2CC3(COc4cc5c(cc43)OCCO5)c3ccccc32)CC1. The van der Waals surface area contributed by atoms with Crippen LogP contribution in [-0.4, -0.2) is 57.9 Å². The van der Waals surface area contributed by atoms with Crippen LogP contribution in [0.2, 0.25) is 0 Å². The van der Waals surface area contributed by atoms with Gasteiger partial charge in [0, 0.05) is 30.4 Å². The Labute approximate surface area is 172 Å². The first-order valence-corrected chi connectivity index (χ1v) is 10.8. The van der Waals surface area contributed by atoms with Gasteiger partial charge in [-0.3, -0.25) is 0 Å². The van der Waals surface area contributed by atoms with Gasteiger partial charge in [0.05, 0.1) is 5.41 Å². The molecule has 2 aromatic carbocycles. The second kappa shape index (κ2) is 6.56. The number of benzene rings is 2. The quantitative estimate of drug-likeness (QED) is 0.783. The van der Waals surface area contributed by atoms with Crippen LogP contribution in [0.5, 0.6) is 17.2 Å². The maximum absolute atomic E-state index is 6.24. The van der Waals surface area contributed by atoms with Crippen molar-refractivity contribution in [2.45, 2.75) is 18.3 Å². The van der Waals surface area contributed by atoms with E-state index in [2.05, 4.69) is 47.2 Å². The molecule has 6 rings (SSSR count). The van der Waals surface area contributed by atoms with E-state index in [9.17, 15) is 0 Å². The monoisotopic (exact) mass is 392 g/mol. The van der Waals surface area contributed by atoms with Crippen LogP contribution in [0.3, 0.4) is 0 Å². The molecular weight excluding hydrogens is 364 g/mol. The third kappa shape index (κ3) is 2.71. The number of likely N-dealkylation sites (tertiary alicyclic amines) is 1. The minimum absolute atomic E-state index is 0.118. The lowest BCUT2D eigenvalue weighted by Gasteiger charge is -2.33. The number of nitrogens with zero attached hydrogens (tertiary/aromatic N) is 2. The van der Waals surface area contributed by atoms with Crippen LogP contribution in [-0.2, 0) is 5.41 Å². The van der Waals surface area contributed by atoms with E-state index in [0.29, 0.717) is 19.8 Å². The van der Waals surface area contributed by atoms with E-state index in [0.717, 1.165) is 36.3 Å². The molecule has 5 heteroatoms. The second-order valence-electron chi connectivity index (χ2n) is 9.01. The van der Waals surface area contributed by atoms with Gasteiger partial charge in [-0.15, -0.1) is 0 Å². The zero-order chi connectivity index (χ0) is 19.4. The summed E-state index contributed by atoms with van der Waals surface area (Å²) in [5.41, 5.74) is 3.90. The van der Waals surface area contributed by atoms with Crippen molar-refractivity contribution < 1.29 is 14.2 Å². The third-order valence-corrected chi connectivity index (χ3v) is 7.17. The van der Waals surface area contributed by atoms with Gasteiger partial charge in [-0.2, -0.15) is 0 Å². The van der Waals surface area contributed by atoms with Crippen molar-refractivity contribution in [3.8, 4) is 17.2 Å². The van der Waals surface area contributed by atoms with Crippen LogP contribution in [0.25, 0.3) is 0 Å². The van der Waals surface area contributed by atoms with Crippen LogP contribution in [0, 0.1) is 5.92 Å². The molecule has 2 aromatic rings. The molecule has 5 nitrogen and oxygen atoms in total. The molecule has 1 unspecified atom stereocenters. The van der Waals surface area contributed by atoms with E-state index in [4.69, 9.17) is 14.2 Å². The van der Waals surface area contributed by atoms with Gasteiger partial charge in [0.1, 0.15) is 25.6 Å². The maximum Gasteiger partial charge on any atom is 0.165 e. The van der Waals surface area contributed by atoms with Crippen molar-refractivity contribution in [1.82, 2.24) is 4.90 Å². The first-order chi connectivity index (χ1) is 14.2. The van der Waals surface area contributed by atoms with Crippen LogP contribution < -0.4 is 19.1 Å². The summed E-state index contributed by atoms with van der Waals surface area (Å²) in [6, 6.07) is 13.1. The summed E-state index contributed by atoms with van der Waals surface area (Å²) in [4.78, 5) is 5.06. The number of rotatable bonds is 2. The van der Waals surface area contributed by atoms with Gasteiger partial charge in [-0.25, -0.2) is 0 Å². The molecule has 4 heterocycles. The molecule has 4 aliphatic rings. The first kappa shape index (κ1) is 17.5. The number of anilines is 1. The first-order valence-electron chi connectivity index (χ1n) is 10.8. The predicted octanol–water partition coefficient (Wildman–Crippen LogP) is 3.30. The molecule has 4 aliphatic heterocycles. The van der Waals surface area contributed by atoms with Crippen molar-refractivity contribution in [2.75, 3.05) is 57.9 Å². The average molecular weight is 392 g/mol. The fraction of sp³-hybridized carbons (Fsp3) is 0.500. The molecule has 29 heavy (non-hydrogen) atoms. The van der Waals surface area contributed by atoms with Crippen molar-refractivity contribution in [3.63, 3.8) is 0 Å². The summed E-state index contributed by atoms with van der Waals surface area (Å²) in [5, 5.41) is 0. The van der Waals surface area contributed by atoms with Gasteiger partial charge in [-0.1, -0.05) is 18.2 Å². The number of fused-ring (bicyclic) bond motifs is 5. The summed E-state index contributed by atoms with van der Waals surface area (Å²) in [5.74, 6) is 3.37. The topological polar surface area (TPSA) is 34.2 Å². The second-order valence-corrected chi connectivity index (χ2v) is 9.01. The molecule has 0 bridgehead atoms. The Morgan fingerprint density at radius 1 is 0.931 bits per heavy atom. The lowest BCUT2D eigenvalue weighted by molar-refractivity contribution is 0.171. The van der Waals surface area contributed by atoms with Crippen LogP contribution in [0.1, 0.15) is 24.0 Å². The Morgan fingerprint density at radius 3 is 2.52 bits per heavy atom. The third-order valence-electron chi connectivity index (χ3n) is 7.17. The molecule has 152 valence electrons. The highest BCUT2D eigenvalue weighted by atomic mass is 16.6. The standard InChI is InChI=1S/C24H28N2O3/c1-25-8-6-17(7-9-25)14-26-15-24(18-4-2-3-5-20(18)26)16-29-21-13-23-22(12-19(21)24)27-10-11-28-23/h2-5,12-13,17H,6-11,14-16H2,1H3. The van der Waals surface area contributed by atoms with Gasteiger partial charge in [0.15, 0.2) is 11.5 Å². The summed E-state index contributed by atoms with van der Waals surface area (Å²) in [6.07, 6.45) is 2.57. The van der Waals surface area contributed by atoms with E-state index >= 15 is 0 Å². The van der Waals surface area contributed by atoms with Crippen molar-refractivity contribution in [3.05, 3.63) is 47.5 Å².